The summed E-state index contributed by atoms with van der Waals surface area (Å²) in [5, 5.41) is 26.4. The second-order valence-electron chi connectivity index (χ2n) is 15.1. The number of hydrogen-bond acceptors (Lipinski definition) is 22. The van der Waals surface area contributed by atoms with Gasteiger partial charge in [-0.1, -0.05) is 76.8 Å². The van der Waals surface area contributed by atoms with Crippen LogP contribution in [0.4, 0.5) is 5.82 Å². The number of ether oxygens (including phenoxy) is 1. The van der Waals surface area contributed by atoms with Crippen LogP contribution in [-0.4, -0.2) is 103 Å². The average Bonchev–Trinajstić information content (AvgIpc) is 3.76. The lowest BCUT2D eigenvalue weighted by Crippen LogP contribution is -2.46. The highest BCUT2D eigenvalue weighted by Crippen LogP contribution is 2.56. The fourth-order valence-electron chi connectivity index (χ4n) is 6.04. The summed E-state index contributed by atoms with van der Waals surface area (Å²) < 4.78 is 60.7. The van der Waals surface area contributed by atoms with Crippen LogP contribution in [0.1, 0.15) is 97.6 Å². The minimum absolute atomic E-state index is 0.0192. The van der Waals surface area contributed by atoms with Crippen LogP contribution >= 0.6 is 35.2 Å². The molecular formula is C35H56N7O17P3S-4. The summed E-state index contributed by atoms with van der Waals surface area (Å²) in [6.45, 7) is 2.28. The normalized spacial score (nSPS) is 20.7. The van der Waals surface area contributed by atoms with E-state index in [1.54, 1.807) is 0 Å². The minimum atomic E-state index is -5.92. The average molecular weight is 972 g/mol. The van der Waals surface area contributed by atoms with Gasteiger partial charge in [-0.15, -0.1) is 0 Å². The maximum atomic E-state index is 12.6. The van der Waals surface area contributed by atoms with Crippen LogP contribution in [0.3, 0.4) is 0 Å². The molecule has 2 unspecified atom stereocenters. The van der Waals surface area contributed by atoms with E-state index in [-0.39, 0.29) is 41.6 Å². The molecule has 1 fully saturated rings. The van der Waals surface area contributed by atoms with Gasteiger partial charge in [0.25, 0.3) is 15.6 Å². The Morgan fingerprint density at radius 1 is 0.968 bits per heavy atom. The number of hydrogen-bond donors (Lipinski definition) is 5. The predicted molar refractivity (Wildman–Crippen MR) is 219 cm³/mol. The number of phosphoric ester groups is 3. The van der Waals surface area contributed by atoms with Crippen molar-refractivity contribution < 1.29 is 80.5 Å². The molecule has 2 aromatic rings. The molecule has 1 aliphatic heterocycles. The van der Waals surface area contributed by atoms with Crippen LogP contribution in [0.2, 0.25) is 0 Å². The Morgan fingerprint density at radius 2 is 1.63 bits per heavy atom. The van der Waals surface area contributed by atoms with Gasteiger partial charge in [0.2, 0.25) is 11.8 Å². The molecule has 6 N–H and O–H groups in total. The Morgan fingerprint density at radius 3 is 2.32 bits per heavy atom. The molecule has 7 atom stereocenters. The van der Waals surface area contributed by atoms with Crippen molar-refractivity contribution in [2.45, 2.75) is 122 Å². The molecule has 3 heterocycles. The summed E-state index contributed by atoms with van der Waals surface area (Å²) >= 11 is 1.13. The number of thioether (sulfide) groups is 1. The summed E-state index contributed by atoms with van der Waals surface area (Å²) in [6, 6.07) is 0. The third kappa shape index (κ3) is 19.4. The number of anilines is 1. The van der Waals surface area contributed by atoms with Gasteiger partial charge in [-0.25, -0.2) is 19.3 Å². The van der Waals surface area contributed by atoms with Crippen molar-refractivity contribution in [2.24, 2.45) is 5.41 Å². The number of carbonyl (C=O) groups is 3. The number of rotatable bonds is 30. The maximum Gasteiger partial charge on any atom is 0.274 e. The van der Waals surface area contributed by atoms with E-state index in [4.69, 9.17) is 10.5 Å². The number of phosphoric acid groups is 3. The molecule has 3 rings (SSSR count). The first kappa shape index (κ1) is 54.6. The molecular weight excluding hydrogens is 915 g/mol. The van der Waals surface area contributed by atoms with E-state index in [2.05, 4.69) is 62.5 Å². The standard InChI is InChI=1S/C35H60N7O17P3S/c1-4-5-6-7-8-9-10-11-12-13-14-15-26(44)63-19-18-37-25(43)16-17-38-33(47)30(46)35(2,3)21-56-62(53,54)59-61(51,52)55-20-24-29(58-60(48,49)50)28(45)34(57-24)42-23-41-27-31(36)39-22-40-32(27)42/h5-6,22-24,28-30,34,45-46H,4,7-21H2,1-3H3,(H,37,43)(H,38,47)(H,51,52)(H,53,54)(H2,36,39,40)(H2,48,49,50)/p-4/b6-5+/t24-,28-,29-,30+,34-/m1/s1. The van der Waals surface area contributed by atoms with Crippen LogP contribution in [0.5, 0.6) is 0 Å². The quantitative estimate of drug-likeness (QED) is 0.0407. The third-order valence-electron chi connectivity index (χ3n) is 9.39. The van der Waals surface area contributed by atoms with Gasteiger partial charge in [0.1, 0.15) is 36.3 Å². The summed E-state index contributed by atoms with van der Waals surface area (Å²) in [5.74, 6) is -1.14. The van der Waals surface area contributed by atoms with Crippen molar-refractivity contribution in [3.8, 4) is 0 Å². The van der Waals surface area contributed by atoms with Crippen molar-refractivity contribution in [3.63, 3.8) is 0 Å². The molecule has 2 amide bonds. The van der Waals surface area contributed by atoms with Crippen LogP contribution in [0, 0.1) is 5.41 Å². The number of nitrogens with one attached hydrogen (secondary N) is 2. The van der Waals surface area contributed by atoms with Crippen LogP contribution in [-0.2, 0) is 50.7 Å². The molecule has 0 radical (unpaired) electrons. The van der Waals surface area contributed by atoms with Gasteiger partial charge in [0, 0.05) is 37.1 Å². The summed E-state index contributed by atoms with van der Waals surface area (Å²) in [4.78, 5) is 96.6. The van der Waals surface area contributed by atoms with E-state index >= 15 is 0 Å². The van der Waals surface area contributed by atoms with Crippen molar-refractivity contribution in [1.82, 2.24) is 30.2 Å². The highest BCUT2D eigenvalue weighted by Gasteiger charge is 2.47. The van der Waals surface area contributed by atoms with E-state index in [1.165, 1.54) is 33.1 Å². The minimum Gasteiger partial charge on any atom is -0.790 e. The van der Waals surface area contributed by atoms with Crippen molar-refractivity contribution in [2.75, 3.05) is 37.8 Å². The van der Waals surface area contributed by atoms with Crippen molar-refractivity contribution in [1.29, 1.82) is 0 Å². The van der Waals surface area contributed by atoms with Gasteiger partial charge in [-0.05, 0) is 25.7 Å². The first-order valence-electron chi connectivity index (χ1n) is 20.2. The number of imidazole rings is 1. The topological polar surface area (TPSA) is 375 Å². The molecule has 1 aliphatic rings. The molecule has 63 heavy (non-hydrogen) atoms. The molecule has 24 nitrogen and oxygen atoms in total. The molecule has 0 saturated carbocycles. The van der Waals surface area contributed by atoms with Crippen LogP contribution in [0.15, 0.2) is 24.8 Å². The number of nitrogens with zero attached hydrogens (tertiary/aromatic N) is 4. The zero-order chi connectivity index (χ0) is 46.8. The smallest absolute Gasteiger partial charge is 0.274 e. The lowest BCUT2D eigenvalue weighted by atomic mass is 9.87. The SMILES string of the molecule is CC/C=C/CCCCCCCCCC(=O)SCCNC(=O)CCNC(=O)[C@H](O)C(C)(C)COP(=O)([O-])OP(=O)([O-])OC[C@H]1O[C@@H](n2cnc3c(N)ncnc32)[C@H](O)[C@@H]1OP(=O)([O-])[O-]. The number of aromatic nitrogens is 4. The lowest BCUT2D eigenvalue weighted by molar-refractivity contribution is -0.347. The number of aliphatic hydroxyl groups excluding tert-OH is 2. The van der Waals surface area contributed by atoms with Crippen LogP contribution in [0.25, 0.3) is 11.2 Å². The maximum absolute atomic E-state index is 12.6. The summed E-state index contributed by atoms with van der Waals surface area (Å²) in [5.41, 5.74) is 4.09. The van der Waals surface area contributed by atoms with Crippen molar-refractivity contribution >= 4 is 69.1 Å². The first-order valence-corrected chi connectivity index (χ1v) is 25.5. The number of carbonyl (C=O) groups excluding carboxylic acids is 3. The van der Waals surface area contributed by atoms with E-state index in [0.717, 1.165) is 67.5 Å². The second-order valence-corrected chi connectivity index (χ2v) is 20.3. The van der Waals surface area contributed by atoms with Gasteiger partial charge in [0.05, 0.1) is 27.4 Å². The van der Waals surface area contributed by atoms with Gasteiger partial charge in [-0.3, -0.25) is 28.1 Å². The molecule has 1 saturated heterocycles. The number of amides is 2. The monoisotopic (exact) mass is 971 g/mol. The van der Waals surface area contributed by atoms with Gasteiger partial charge < -0.3 is 69.0 Å². The van der Waals surface area contributed by atoms with Gasteiger partial charge >= 0.3 is 0 Å². The number of fused-ring (bicyclic) bond motifs is 1. The van der Waals surface area contributed by atoms with E-state index in [9.17, 15) is 57.9 Å². The highest BCUT2D eigenvalue weighted by atomic mass is 32.2. The second kappa shape index (κ2) is 25.9. The largest absolute Gasteiger partial charge is 0.790 e. The Balaban J connectivity index is 1.36. The zero-order valence-corrected chi connectivity index (χ0v) is 38.6. The van der Waals surface area contributed by atoms with E-state index in [1.807, 2.05) is 0 Å². The summed E-state index contributed by atoms with van der Waals surface area (Å²) in [7, 11) is -17.6. The molecule has 28 heteroatoms. The zero-order valence-electron chi connectivity index (χ0n) is 35.1. The number of nitrogen functional groups attached to an aromatic ring is 1. The Kier molecular flexibility index (Phi) is 22.4. The predicted octanol–water partition coefficient (Wildman–Crippen LogP) is 0.614. The molecule has 0 bridgehead atoms. The number of allylic oxidation sites excluding steroid dienone is 2. The fourth-order valence-corrected chi connectivity index (χ4v) is 9.50. The Bertz CT molecular complexity index is 1970. The molecule has 0 aliphatic carbocycles. The number of aliphatic hydroxyl groups is 2. The van der Waals surface area contributed by atoms with Crippen molar-refractivity contribution in [3.05, 3.63) is 24.8 Å². The fraction of sp³-hybridized carbons (Fsp3) is 0.714. The molecule has 0 aromatic carbocycles. The number of nitrogens with two attached hydrogens (primary N) is 1. The number of unbranched alkanes of at least 4 members (excludes halogenated alkanes) is 7. The highest BCUT2D eigenvalue weighted by molar-refractivity contribution is 8.13. The Hall–Kier alpha value is -2.70. The van der Waals surface area contributed by atoms with E-state index in [0.29, 0.717) is 12.2 Å². The molecule has 2 aromatic heterocycles. The van der Waals surface area contributed by atoms with Crippen LogP contribution < -0.4 is 35.9 Å². The van der Waals surface area contributed by atoms with Gasteiger partial charge in [0.15, 0.2) is 22.8 Å². The molecule has 0 spiro atoms. The first-order chi connectivity index (χ1) is 29.6. The van der Waals surface area contributed by atoms with Gasteiger partial charge in [-0.2, -0.15) is 0 Å². The molecule has 358 valence electrons. The lowest BCUT2D eigenvalue weighted by Gasteiger charge is -2.36. The third-order valence-corrected chi connectivity index (χ3v) is 13.3. The Labute approximate surface area is 368 Å². The van der Waals surface area contributed by atoms with E-state index < -0.39 is 84.6 Å². The summed E-state index contributed by atoms with van der Waals surface area (Å²) in [6.07, 6.45) is 7.18.